The Morgan fingerprint density at radius 2 is 2.00 bits per heavy atom. The van der Waals surface area contributed by atoms with Crippen LogP contribution in [0.1, 0.15) is 30.6 Å². The standard InChI is InChI=1S/C13H19N3O2/c1-8(2)6-11(12(15)17)16-13(18)9-4-3-5-10(14)7-9/h3-5,7-8,11H,6,14H2,1-2H3,(H2,15,17)(H,16,18). The topological polar surface area (TPSA) is 98.2 Å². The zero-order valence-corrected chi connectivity index (χ0v) is 10.6. The maximum atomic E-state index is 11.9. The number of hydrogen-bond donors (Lipinski definition) is 3. The lowest BCUT2D eigenvalue weighted by Crippen LogP contribution is -2.45. The molecule has 0 aliphatic carbocycles. The number of nitrogens with two attached hydrogens (primary N) is 2. The van der Waals surface area contributed by atoms with Crippen molar-refractivity contribution >= 4 is 17.5 Å². The molecule has 0 heterocycles. The predicted octanol–water partition coefficient (Wildman–Crippen LogP) is 0.899. The number of benzene rings is 1. The molecule has 1 unspecified atom stereocenters. The summed E-state index contributed by atoms with van der Waals surface area (Å²) >= 11 is 0. The van der Waals surface area contributed by atoms with E-state index in [2.05, 4.69) is 5.32 Å². The average Bonchev–Trinajstić information content (AvgIpc) is 2.27. The van der Waals surface area contributed by atoms with Crippen LogP contribution < -0.4 is 16.8 Å². The molecule has 0 aromatic heterocycles. The quantitative estimate of drug-likeness (QED) is 0.676. The van der Waals surface area contributed by atoms with E-state index in [9.17, 15) is 9.59 Å². The molecule has 2 amide bonds. The van der Waals surface area contributed by atoms with Gasteiger partial charge in [-0.3, -0.25) is 9.59 Å². The molecule has 5 nitrogen and oxygen atoms in total. The van der Waals surface area contributed by atoms with Crippen molar-refractivity contribution in [3.8, 4) is 0 Å². The van der Waals surface area contributed by atoms with E-state index in [-0.39, 0.29) is 11.8 Å². The van der Waals surface area contributed by atoms with Gasteiger partial charge in [0.2, 0.25) is 5.91 Å². The van der Waals surface area contributed by atoms with Crippen LogP contribution >= 0.6 is 0 Å². The molecule has 0 aliphatic rings. The Kier molecular flexibility index (Phi) is 4.71. The molecule has 0 bridgehead atoms. The van der Waals surface area contributed by atoms with Gasteiger partial charge in [-0.05, 0) is 30.5 Å². The molecular weight excluding hydrogens is 230 g/mol. The van der Waals surface area contributed by atoms with Gasteiger partial charge in [-0.15, -0.1) is 0 Å². The van der Waals surface area contributed by atoms with Crippen LogP contribution in [0.3, 0.4) is 0 Å². The Labute approximate surface area is 107 Å². The molecule has 18 heavy (non-hydrogen) atoms. The summed E-state index contributed by atoms with van der Waals surface area (Å²) in [6, 6.07) is 5.92. The van der Waals surface area contributed by atoms with Gasteiger partial charge in [0.1, 0.15) is 6.04 Å². The lowest BCUT2D eigenvalue weighted by Gasteiger charge is -2.17. The largest absolute Gasteiger partial charge is 0.399 e. The molecule has 1 aromatic rings. The molecule has 0 fully saturated rings. The minimum absolute atomic E-state index is 0.267. The van der Waals surface area contributed by atoms with Gasteiger partial charge in [0.25, 0.3) is 5.91 Å². The smallest absolute Gasteiger partial charge is 0.252 e. The predicted molar refractivity (Wildman–Crippen MR) is 70.8 cm³/mol. The molecule has 0 saturated carbocycles. The molecule has 1 rings (SSSR count). The third kappa shape index (κ3) is 4.08. The number of hydrogen-bond acceptors (Lipinski definition) is 3. The van der Waals surface area contributed by atoms with Crippen molar-refractivity contribution in [3.63, 3.8) is 0 Å². The van der Waals surface area contributed by atoms with E-state index in [0.717, 1.165) is 0 Å². The first-order valence-electron chi connectivity index (χ1n) is 5.86. The van der Waals surface area contributed by atoms with Gasteiger partial charge in [0, 0.05) is 11.3 Å². The Morgan fingerprint density at radius 1 is 1.33 bits per heavy atom. The van der Waals surface area contributed by atoms with Crippen LogP contribution in [0.2, 0.25) is 0 Å². The highest BCUT2D eigenvalue weighted by molar-refractivity contribution is 5.97. The maximum absolute atomic E-state index is 11.9. The van der Waals surface area contributed by atoms with E-state index in [1.54, 1.807) is 24.3 Å². The van der Waals surface area contributed by atoms with E-state index >= 15 is 0 Å². The summed E-state index contributed by atoms with van der Waals surface area (Å²) in [7, 11) is 0. The van der Waals surface area contributed by atoms with Crippen LogP contribution in [0.15, 0.2) is 24.3 Å². The van der Waals surface area contributed by atoms with Crippen molar-refractivity contribution in [2.45, 2.75) is 26.3 Å². The summed E-state index contributed by atoms with van der Waals surface area (Å²) in [5.74, 6) is -0.601. The second-order valence-corrected chi connectivity index (χ2v) is 4.68. The summed E-state index contributed by atoms with van der Waals surface area (Å²) in [4.78, 5) is 23.2. The minimum Gasteiger partial charge on any atom is -0.399 e. The van der Waals surface area contributed by atoms with Crippen molar-refractivity contribution < 1.29 is 9.59 Å². The van der Waals surface area contributed by atoms with Gasteiger partial charge >= 0.3 is 0 Å². The summed E-state index contributed by atoms with van der Waals surface area (Å²) in [6.07, 6.45) is 0.517. The van der Waals surface area contributed by atoms with Gasteiger partial charge in [0.15, 0.2) is 0 Å². The average molecular weight is 249 g/mol. The normalized spacial score (nSPS) is 12.2. The highest BCUT2D eigenvalue weighted by Gasteiger charge is 2.19. The van der Waals surface area contributed by atoms with E-state index < -0.39 is 11.9 Å². The number of carbonyl (C=O) groups is 2. The van der Waals surface area contributed by atoms with Crippen LogP contribution in [0.5, 0.6) is 0 Å². The number of anilines is 1. The molecule has 0 spiro atoms. The van der Waals surface area contributed by atoms with Crippen molar-refractivity contribution in [1.82, 2.24) is 5.32 Å². The molecule has 0 saturated heterocycles. The Hall–Kier alpha value is -2.04. The van der Waals surface area contributed by atoms with Gasteiger partial charge in [-0.2, -0.15) is 0 Å². The second-order valence-electron chi connectivity index (χ2n) is 4.68. The lowest BCUT2D eigenvalue weighted by molar-refractivity contribution is -0.120. The highest BCUT2D eigenvalue weighted by Crippen LogP contribution is 2.09. The van der Waals surface area contributed by atoms with Gasteiger partial charge in [-0.25, -0.2) is 0 Å². The first-order chi connectivity index (χ1) is 8.40. The van der Waals surface area contributed by atoms with Crippen LogP contribution in [0.25, 0.3) is 0 Å². The van der Waals surface area contributed by atoms with Gasteiger partial charge in [-0.1, -0.05) is 19.9 Å². The molecule has 5 N–H and O–H groups in total. The van der Waals surface area contributed by atoms with Crippen LogP contribution in [-0.2, 0) is 4.79 Å². The highest BCUT2D eigenvalue weighted by atomic mass is 16.2. The summed E-state index contributed by atoms with van der Waals surface area (Å²) in [6.45, 7) is 3.92. The Balaban J connectivity index is 2.75. The van der Waals surface area contributed by atoms with E-state index in [4.69, 9.17) is 11.5 Å². The third-order valence-corrected chi connectivity index (χ3v) is 2.50. The Bertz CT molecular complexity index is 444. The third-order valence-electron chi connectivity index (χ3n) is 2.50. The molecule has 0 radical (unpaired) electrons. The van der Waals surface area contributed by atoms with Gasteiger partial charge in [0.05, 0.1) is 0 Å². The number of rotatable bonds is 5. The summed E-state index contributed by atoms with van der Waals surface area (Å²) in [5.41, 5.74) is 11.8. The Morgan fingerprint density at radius 3 is 2.50 bits per heavy atom. The first-order valence-corrected chi connectivity index (χ1v) is 5.86. The lowest BCUT2D eigenvalue weighted by atomic mass is 10.0. The SMILES string of the molecule is CC(C)CC(NC(=O)c1cccc(N)c1)C(N)=O. The van der Waals surface area contributed by atoms with E-state index in [1.807, 2.05) is 13.8 Å². The van der Waals surface area contributed by atoms with Crippen molar-refractivity contribution in [2.75, 3.05) is 5.73 Å². The monoisotopic (exact) mass is 249 g/mol. The fraction of sp³-hybridized carbons (Fsp3) is 0.385. The van der Waals surface area contributed by atoms with Gasteiger partial charge < -0.3 is 16.8 Å². The van der Waals surface area contributed by atoms with E-state index in [1.165, 1.54) is 0 Å². The number of amides is 2. The fourth-order valence-corrected chi connectivity index (χ4v) is 1.64. The molecule has 1 atom stereocenters. The van der Waals surface area contributed by atoms with Crippen LogP contribution in [0, 0.1) is 5.92 Å². The van der Waals surface area contributed by atoms with Crippen LogP contribution in [-0.4, -0.2) is 17.9 Å². The van der Waals surface area contributed by atoms with Crippen molar-refractivity contribution in [1.29, 1.82) is 0 Å². The second kappa shape index (κ2) is 6.05. The zero-order valence-electron chi connectivity index (χ0n) is 10.6. The number of nitrogen functional groups attached to an aromatic ring is 1. The van der Waals surface area contributed by atoms with Crippen LogP contribution in [0.4, 0.5) is 5.69 Å². The van der Waals surface area contributed by atoms with Crippen molar-refractivity contribution in [3.05, 3.63) is 29.8 Å². The number of carbonyl (C=O) groups excluding carboxylic acids is 2. The zero-order chi connectivity index (χ0) is 13.7. The minimum atomic E-state index is -0.654. The molecule has 5 heteroatoms. The van der Waals surface area contributed by atoms with Crippen molar-refractivity contribution in [2.24, 2.45) is 11.7 Å². The number of nitrogens with one attached hydrogen (secondary N) is 1. The maximum Gasteiger partial charge on any atom is 0.252 e. The molecule has 98 valence electrons. The first kappa shape index (κ1) is 14.0. The summed E-state index contributed by atoms with van der Waals surface area (Å²) in [5, 5.41) is 2.62. The van der Waals surface area contributed by atoms with E-state index in [0.29, 0.717) is 17.7 Å². The fourth-order valence-electron chi connectivity index (χ4n) is 1.64. The molecule has 1 aromatic carbocycles. The molecular formula is C13H19N3O2. The summed E-state index contributed by atoms with van der Waals surface area (Å²) < 4.78 is 0. The number of primary amides is 1. The molecule has 0 aliphatic heterocycles.